The molecule has 0 saturated heterocycles. The average molecular weight is 315 g/mol. The van der Waals surface area contributed by atoms with Crippen LogP contribution in [0.5, 0.6) is 0 Å². The number of nitrogens with zero attached hydrogens (tertiary/aromatic N) is 1. The monoisotopic (exact) mass is 315 g/mol. The molecule has 0 spiro atoms. The molecule has 2 amide bonds. The summed E-state index contributed by atoms with van der Waals surface area (Å²) >= 11 is 0. The van der Waals surface area contributed by atoms with Gasteiger partial charge in [0.25, 0.3) is 5.91 Å². The molecule has 3 aromatic rings. The number of benzene rings is 1. The third kappa shape index (κ3) is 2.92. The second-order valence-corrected chi connectivity index (χ2v) is 4.90. The zero-order valence-corrected chi connectivity index (χ0v) is 12.1. The fourth-order valence-corrected chi connectivity index (χ4v) is 2.09. The molecule has 1 atom stereocenters. The quantitative estimate of drug-likeness (QED) is 0.501. The van der Waals surface area contributed by atoms with E-state index < -0.39 is 17.9 Å². The van der Waals surface area contributed by atoms with Crippen molar-refractivity contribution in [3.05, 3.63) is 53.6 Å². The number of para-hydroxylation sites is 1. The predicted octanol–water partition coefficient (Wildman–Crippen LogP) is 2.03. The van der Waals surface area contributed by atoms with Crippen LogP contribution in [-0.4, -0.2) is 22.2 Å². The molecule has 1 aromatic carbocycles. The van der Waals surface area contributed by atoms with Crippen LogP contribution in [0.1, 0.15) is 39.8 Å². The summed E-state index contributed by atoms with van der Waals surface area (Å²) in [6.07, 6.45) is 0. The largest absolute Gasteiger partial charge is 0.451 e. The smallest absolute Gasteiger partial charge is 0.313 e. The highest BCUT2D eigenvalue weighted by Gasteiger charge is 2.20. The van der Waals surface area contributed by atoms with Crippen molar-refractivity contribution in [2.24, 2.45) is 0 Å². The van der Waals surface area contributed by atoms with Crippen molar-refractivity contribution in [2.75, 3.05) is 0 Å². The highest BCUT2D eigenvalue weighted by Crippen LogP contribution is 2.20. The van der Waals surface area contributed by atoms with E-state index in [-0.39, 0.29) is 11.5 Å². The second-order valence-electron chi connectivity index (χ2n) is 4.90. The number of hydroxylamine groups is 1. The van der Waals surface area contributed by atoms with Crippen LogP contribution in [0, 0.1) is 0 Å². The number of aromatic nitrogens is 1. The molecule has 8 heteroatoms. The summed E-state index contributed by atoms with van der Waals surface area (Å²) in [6.45, 7) is 1.68. The van der Waals surface area contributed by atoms with Gasteiger partial charge in [0.15, 0.2) is 5.76 Å². The summed E-state index contributed by atoms with van der Waals surface area (Å²) in [5, 5.41) is 15.7. The van der Waals surface area contributed by atoms with Crippen LogP contribution in [0.4, 0.5) is 0 Å². The highest BCUT2D eigenvalue weighted by atomic mass is 16.5. The van der Waals surface area contributed by atoms with Gasteiger partial charge in [0.1, 0.15) is 11.3 Å². The highest BCUT2D eigenvalue weighted by molar-refractivity contribution is 5.96. The number of hydrogen-bond acceptors (Lipinski definition) is 6. The Morgan fingerprint density at radius 3 is 2.70 bits per heavy atom. The van der Waals surface area contributed by atoms with Gasteiger partial charge in [-0.2, -0.15) is 0 Å². The summed E-state index contributed by atoms with van der Waals surface area (Å²) in [5.41, 5.74) is 2.40. The van der Waals surface area contributed by atoms with Gasteiger partial charge in [-0.3, -0.25) is 14.8 Å². The maximum absolute atomic E-state index is 12.2. The molecule has 0 aliphatic rings. The van der Waals surface area contributed by atoms with Gasteiger partial charge in [-0.1, -0.05) is 23.4 Å². The van der Waals surface area contributed by atoms with Crippen LogP contribution in [0.25, 0.3) is 11.0 Å². The van der Waals surface area contributed by atoms with Crippen LogP contribution >= 0.6 is 0 Å². The van der Waals surface area contributed by atoms with Crippen LogP contribution < -0.4 is 10.8 Å². The molecular weight excluding hydrogens is 302 g/mol. The zero-order valence-electron chi connectivity index (χ0n) is 12.1. The van der Waals surface area contributed by atoms with Gasteiger partial charge in [0.2, 0.25) is 5.76 Å². The predicted molar refractivity (Wildman–Crippen MR) is 77.9 cm³/mol. The minimum Gasteiger partial charge on any atom is -0.451 e. The number of carbonyl (C=O) groups excluding carboxylic acids is 2. The molecule has 0 radical (unpaired) electrons. The standard InChI is InChI=1S/C15H13N3O5/c1-8(10-7-13(23-18-10)15(20)17-21)16-14(19)12-6-9-4-2-3-5-11(9)22-12/h2-8,21H,1H3,(H,16,19)(H,17,20). The molecule has 2 aromatic heterocycles. The third-order valence-corrected chi connectivity index (χ3v) is 3.29. The Hall–Kier alpha value is -3.13. The lowest BCUT2D eigenvalue weighted by atomic mass is 10.2. The first-order valence-corrected chi connectivity index (χ1v) is 6.79. The molecule has 3 rings (SSSR count). The van der Waals surface area contributed by atoms with Crippen molar-refractivity contribution in [1.82, 2.24) is 16.0 Å². The second kappa shape index (κ2) is 5.93. The Morgan fingerprint density at radius 1 is 1.17 bits per heavy atom. The average Bonchev–Trinajstić information content (AvgIpc) is 3.20. The number of furan rings is 1. The normalized spacial score (nSPS) is 12.1. The van der Waals surface area contributed by atoms with E-state index in [1.807, 2.05) is 18.2 Å². The summed E-state index contributed by atoms with van der Waals surface area (Å²) in [7, 11) is 0. The van der Waals surface area contributed by atoms with Crippen LogP contribution in [0.15, 0.2) is 45.3 Å². The number of rotatable bonds is 4. The van der Waals surface area contributed by atoms with Crippen molar-refractivity contribution < 1.29 is 23.7 Å². The molecule has 8 nitrogen and oxygen atoms in total. The van der Waals surface area contributed by atoms with E-state index in [0.717, 1.165) is 5.39 Å². The van der Waals surface area contributed by atoms with Gasteiger partial charge < -0.3 is 14.3 Å². The van der Waals surface area contributed by atoms with Gasteiger partial charge in [-0.15, -0.1) is 0 Å². The van der Waals surface area contributed by atoms with Crippen molar-refractivity contribution in [3.8, 4) is 0 Å². The Balaban J connectivity index is 1.74. The molecule has 2 heterocycles. The van der Waals surface area contributed by atoms with Crippen molar-refractivity contribution >= 4 is 22.8 Å². The molecule has 1 unspecified atom stereocenters. The van der Waals surface area contributed by atoms with E-state index in [2.05, 4.69) is 10.5 Å². The van der Waals surface area contributed by atoms with Crippen molar-refractivity contribution in [1.29, 1.82) is 0 Å². The van der Waals surface area contributed by atoms with Gasteiger partial charge in [0.05, 0.1) is 6.04 Å². The maximum Gasteiger partial charge on any atom is 0.313 e. The molecule has 0 saturated carbocycles. The lowest BCUT2D eigenvalue weighted by molar-refractivity contribution is 0.0666. The Bertz CT molecular complexity index is 834. The molecule has 23 heavy (non-hydrogen) atoms. The molecule has 0 bridgehead atoms. The van der Waals surface area contributed by atoms with Gasteiger partial charge in [-0.25, -0.2) is 5.48 Å². The molecule has 0 fully saturated rings. The lowest BCUT2D eigenvalue weighted by Crippen LogP contribution is -2.26. The maximum atomic E-state index is 12.2. The van der Waals surface area contributed by atoms with Crippen molar-refractivity contribution in [2.45, 2.75) is 13.0 Å². The lowest BCUT2D eigenvalue weighted by Gasteiger charge is -2.08. The first kappa shape index (κ1) is 14.8. The SMILES string of the molecule is CC(NC(=O)c1cc2ccccc2o1)c1cc(C(=O)NO)on1. The fraction of sp³-hybridized carbons (Fsp3) is 0.133. The van der Waals surface area contributed by atoms with Gasteiger partial charge in [-0.05, 0) is 19.1 Å². The summed E-state index contributed by atoms with van der Waals surface area (Å²) in [6, 6.07) is 9.74. The zero-order chi connectivity index (χ0) is 16.4. The Morgan fingerprint density at radius 2 is 1.96 bits per heavy atom. The van der Waals surface area contributed by atoms with E-state index in [1.54, 1.807) is 19.1 Å². The Kier molecular flexibility index (Phi) is 3.82. The number of carbonyl (C=O) groups is 2. The summed E-state index contributed by atoms with van der Waals surface area (Å²) < 4.78 is 10.3. The summed E-state index contributed by atoms with van der Waals surface area (Å²) in [5.74, 6) is -1.22. The molecule has 0 aliphatic carbocycles. The van der Waals surface area contributed by atoms with Crippen LogP contribution in [0.2, 0.25) is 0 Å². The first-order chi connectivity index (χ1) is 11.1. The van der Waals surface area contributed by atoms with Crippen molar-refractivity contribution in [3.63, 3.8) is 0 Å². The summed E-state index contributed by atoms with van der Waals surface area (Å²) in [4.78, 5) is 23.4. The number of hydrogen-bond donors (Lipinski definition) is 3. The Labute approximate surface area is 130 Å². The molecule has 3 N–H and O–H groups in total. The molecular formula is C15H13N3O5. The van der Waals surface area contributed by atoms with E-state index in [0.29, 0.717) is 11.3 Å². The molecule has 118 valence electrons. The number of amides is 2. The van der Waals surface area contributed by atoms with E-state index in [4.69, 9.17) is 14.1 Å². The van der Waals surface area contributed by atoms with Gasteiger partial charge in [0, 0.05) is 11.5 Å². The van der Waals surface area contributed by atoms with Crippen LogP contribution in [0.3, 0.4) is 0 Å². The van der Waals surface area contributed by atoms with E-state index >= 15 is 0 Å². The fourth-order valence-electron chi connectivity index (χ4n) is 2.09. The number of nitrogens with one attached hydrogen (secondary N) is 2. The number of fused-ring (bicyclic) bond motifs is 1. The topological polar surface area (TPSA) is 118 Å². The third-order valence-electron chi connectivity index (χ3n) is 3.29. The minimum atomic E-state index is -0.820. The van der Waals surface area contributed by atoms with Gasteiger partial charge >= 0.3 is 5.91 Å². The van der Waals surface area contributed by atoms with E-state index in [1.165, 1.54) is 11.5 Å². The van der Waals surface area contributed by atoms with E-state index in [9.17, 15) is 9.59 Å². The van der Waals surface area contributed by atoms with Crippen LogP contribution in [-0.2, 0) is 0 Å². The minimum absolute atomic E-state index is 0.160. The first-order valence-electron chi connectivity index (χ1n) is 6.79. The molecule has 0 aliphatic heterocycles.